The molecule has 5 heteroatoms. The first kappa shape index (κ1) is 44.0. The molecule has 0 amide bonds. The summed E-state index contributed by atoms with van der Waals surface area (Å²) in [6.45, 7) is 6.78. The summed E-state index contributed by atoms with van der Waals surface area (Å²) in [5.74, 6) is 0. The first-order valence-corrected chi connectivity index (χ1v) is 20.3. The van der Waals surface area contributed by atoms with Crippen molar-refractivity contribution < 1.29 is 13.0 Å². The van der Waals surface area contributed by atoms with Gasteiger partial charge in [-0.2, -0.15) is 0 Å². The molecule has 256 valence electrons. The van der Waals surface area contributed by atoms with Crippen LogP contribution in [0.4, 0.5) is 0 Å². The van der Waals surface area contributed by atoms with Gasteiger partial charge in [0.1, 0.15) is 10.1 Å². The molecule has 0 fully saturated rings. The van der Waals surface area contributed by atoms with Crippen LogP contribution in [0.5, 0.6) is 0 Å². The third-order valence-corrected chi connectivity index (χ3v) is 11.2. The molecule has 0 aromatic heterocycles. The number of hydrogen-bond acceptors (Lipinski definition) is 3. The smallest absolute Gasteiger partial charge is 0.100 e. The summed E-state index contributed by atoms with van der Waals surface area (Å²) in [6, 6.07) is 0. The van der Waals surface area contributed by atoms with Gasteiger partial charge >= 0.3 is 0 Å². The fraction of sp³-hybridized carbons (Fsp3) is 1.00. The fourth-order valence-corrected chi connectivity index (χ4v) is 7.74. The molecule has 0 aliphatic carbocycles. The minimum absolute atomic E-state index is 0. The Labute approximate surface area is 266 Å². The Bertz CT molecular complexity index is 563. The number of hydrogen-bond donors (Lipinski definition) is 1. The van der Waals surface area contributed by atoms with Gasteiger partial charge in [-0.25, -0.2) is 8.42 Å². The Morgan fingerprint density at radius 1 is 0.357 bits per heavy atom. The first-order valence-electron chi connectivity index (χ1n) is 18.9. The van der Waals surface area contributed by atoms with Crippen molar-refractivity contribution in [1.82, 2.24) is 6.15 Å². The van der Waals surface area contributed by atoms with Crippen molar-refractivity contribution in [2.24, 2.45) is 0 Å². The molecule has 0 aliphatic heterocycles. The van der Waals surface area contributed by atoms with Crippen molar-refractivity contribution in [3.63, 3.8) is 0 Å². The van der Waals surface area contributed by atoms with E-state index in [0.29, 0.717) is 19.3 Å². The summed E-state index contributed by atoms with van der Waals surface area (Å²) in [4.78, 5) is 0. The van der Waals surface area contributed by atoms with Crippen molar-refractivity contribution in [3.8, 4) is 0 Å². The molecule has 0 atom stereocenters. The van der Waals surface area contributed by atoms with Crippen LogP contribution in [-0.4, -0.2) is 17.7 Å². The second-order valence-corrected chi connectivity index (χ2v) is 15.2. The number of unbranched alkanes of at least 4 members (excludes halogenated alkanes) is 27. The molecule has 0 spiro atoms. The van der Waals surface area contributed by atoms with E-state index in [1.165, 1.54) is 154 Å². The number of rotatable bonds is 34. The van der Waals surface area contributed by atoms with E-state index in [4.69, 9.17) is 0 Å². The van der Waals surface area contributed by atoms with Crippen LogP contribution in [0, 0.1) is 0 Å². The highest BCUT2D eigenvalue weighted by Crippen LogP contribution is 2.36. The van der Waals surface area contributed by atoms with Gasteiger partial charge in [-0.1, -0.05) is 213 Å². The molecule has 0 bridgehead atoms. The molecule has 0 radical (unpaired) electrons. The van der Waals surface area contributed by atoms with Crippen LogP contribution in [0.25, 0.3) is 0 Å². The van der Waals surface area contributed by atoms with E-state index in [1.54, 1.807) is 0 Å². The third kappa shape index (κ3) is 26.3. The van der Waals surface area contributed by atoms with E-state index in [9.17, 15) is 13.0 Å². The van der Waals surface area contributed by atoms with Gasteiger partial charge in [-0.15, -0.1) is 0 Å². The predicted octanol–water partition coefficient (Wildman–Crippen LogP) is 13.6. The molecular weight excluding hydrogens is 538 g/mol. The van der Waals surface area contributed by atoms with Crippen LogP contribution in [0.15, 0.2) is 0 Å². The van der Waals surface area contributed by atoms with Crippen LogP contribution >= 0.6 is 0 Å². The molecule has 0 saturated heterocycles. The van der Waals surface area contributed by atoms with Gasteiger partial charge in [0.15, 0.2) is 0 Å². The van der Waals surface area contributed by atoms with Crippen LogP contribution in [0.3, 0.4) is 0 Å². The van der Waals surface area contributed by atoms with Crippen LogP contribution in [0.2, 0.25) is 0 Å². The van der Waals surface area contributed by atoms with Crippen molar-refractivity contribution in [1.29, 1.82) is 0 Å². The summed E-state index contributed by atoms with van der Waals surface area (Å²) in [7, 11) is -4.31. The Balaban J connectivity index is 0. The van der Waals surface area contributed by atoms with Gasteiger partial charge in [0.25, 0.3) is 0 Å². The van der Waals surface area contributed by atoms with E-state index < -0.39 is 14.9 Å². The van der Waals surface area contributed by atoms with Gasteiger partial charge in [-0.3, -0.25) is 0 Å². The highest BCUT2D eigenvalue weighted by Gasteiger charge is 2.35. The monoisotopic (exact) mass is 618 g/mol. The minimum atomic E-state index is -4.31. The lowest BCUT2D eigenvalue weighted by molar-refractivity contribution is 0.336. The fourth-order valence-electron chi connectivity index (χ4n) is 6.55. The Kier molecular flexibility index (Phi) is 33.8. The van der Waals surface area contributed by atoms with Gasteiger partial charge in [0, 0.05) is 0 Å². The van der Waals surface area contributed by atoms with E-state index in [2.05, 4.69) is 20.8 Å². The molecule has 0 rings (SSSR count). The molecule has 4 N–H and O–H groups in total. The van der Waals surface area contributed by atoms with Crippen LogP contribution in [0.1, 0.15) is 233 Å². The topological polar surface area (TPSA) is 93.7 Å². The van der Waals surface area contributed by atoms with Crippen LogP contribution in [-0.2, 0) is 10.1 Å². The zero-order valence-corrected chi connectivity index (χ0v) is 30.3. The lowest BCUT2D eigenvalue weighted by atomic mass is 9.88. The molecule has 0 saturated carbocycles. The lowest BCUT2D eigenvalue weighted by Gasteiger charge is -2.37. The van der Waals surface area contributed by atoms with Crippen LogP contribution < -0.4 is 6.15 Å². The molecule has 4 nitrogen and oxygen atoms in total. The van der Waals surface area contributed by atoms with E-state index in [0.717, 1.165) is 38.5 Å². The maximum absolute atomic E-state index is 12.8. The lowest BCUT2D eigenvalue weighted by Crippen LogP contribution is -2.38. The van der Waals surface area contributed by atoms with E-state index >= 15 is 0 Å². The normalized spacial score (nSPS) is 12.1. The second kappa shape index (κ2) is 32.3. The molecule has 0 heterocycles. The summed E-state index contributed by atoms with van der Waals surface area (Å²) in [5.41, 5.74) is 0. The summed E-state index contributed by atoms with van der Waals surface area (Å²) in [5, 5.41) is 0. The standard InChI is InChI=1S/C37H76O3S.H3N/c1-4-7-10-13-16-19-22-25-28-31-34-37(41(38,39)40,35-32-29-26-23-20-17-14-11-8-5-2)36-33-30-27-24-21-18-15-12-9-6-3;/h4-36H2,1-3H3,(H,38,39,40);1H3. The first-order chi connectivity index (χ1) is 19.9. The molecule has 42 heavy (non-hydrogen) atoms. The number of quaternary nitrogens is 1. The third-order valence-electron chi connectivity index (χ3n) is 9.49. The Hall–Kier alpha value is -0.130. The molecule has 0 aliphatic rings. The zero-order chi connectivity index (χ0) is 30.3. The highest BCUT2D eigenvalue weighted by molar-refractivity contribution is 7.87. The minimum Gasteiger partial charge on any atom is -0.748 e. The van der Waals surface area contributed by atoms with E-state index in [-0.39, 0.29) is 6.15 Å². The quantitative estimate of drug-likeness (QED) is 0.0574. The van der Waals surface area contributed by atoms with Crippen molar-refractivity contribution in [3.05, 3.63) is 0 Å². The average molecular weight is 618 g/mol. The molecular formula is C37H79NO3S. The maximum Gasteiger partial charge on any atom is 0.100 e. The van der Waals surface area contributed by atoms with Gasteiger partial charge in [-0.05, 0) is 19.3 Å². The summed E-state index contributed by atoms with van der Waals surface area (Å²) in [6.07, 6.45) is 38.9. The Morgan fingerprint density at radius 2 is 0.524 bits per heavy atom. The SMILES string of the molecule is CCCCCCCCCCCCC(CCCCCCCCCCCC)(CCCCCCCCCCCC)S(=O)(=O)[O-].[NH4+]. The van der Waals surface area contributed by atoms with E-state index in [1.807, 2.05) is 0 Å². The van der Waals surface area contributed by atoms with Crippen molar-refractivity contribution in [2.75, 3.05) is 0 Å². The second-order valence-electron chi connectivity index (χ2n) is 13.4. The molecule has 0 aromatic rings. The maximum atomic E-state index is 12.8. The van der Waals surface area contributed by atoms with Gasteiger partial charge in [0.2, 0.25) is 0 Å². The average Bonchev–Trinajstić information content (AvgIpc) is 2.95. The predicted molar refractivity (Wildman–Crippen MR) is 188 cm³/mol. The zero-order valence-electron chi connectivity index (χ0n) is 29.5. The molecule has 0 aromatic carbocycles. The Morgan fingerprint density at radius 3 is 0.690 bits per heavy atom. The summed E-state index contributed by atoms with van der Waals surface area (Å²) < 4.78 is 37.3. The van der Waals surface area contributed by atoms with Gasteiger partial charge in [0.05, 0.1) is 4.75 Å². The largest absolute Gasteiger partial charge is 0.748 e. The van der Waals surface area contributed by atoms with Crippen molar-refractivity contribution >= 4 is 10.1 Å². The highest BCUT2D eigenvalue weighted by atomic mass is 32.2. The summed E-state index contributed by atoms with van der Waals surface area (Å²) >= 11 is 0. The van der Waals surface area contributed by atoms with Gasteiger partial charge < -0.3 is 10.7 Å². The van der Waals surface area contributed by atoms with Crippen molar-refractivity contribution in [2.45, 2.75) is 237 Å². The molecule has 0 unspecified atom stereocenters.